The van der Waals surface area contributed by atoms with Crippen molar-refractivity contribution in [3.05, 3.63) is 54.0 Å². The number of aromatic nitrogens is 2. The largest absolute Gasteiger partial charge is 0.474 e. The van der Waals surface area contributed by atoms with Crippen LogP contribution in [0.1, 0.15) is 37.1 Å². The first kappa shape index (κ1) is 17.4. The maximum atomic E-state index is 6.16. The van der Waals surface area contributed by atoms with Crippen LogP contribution in [0.3, 0.4) is 0 Å². The predicted molar refractivity (Wildman–Crippen MR) is 100 cm³/mol. The lowest BCUT2D eigenvalue weighted by Crippen LogP contribution is -2.52. The van der Waals surface area contributed by atoms with E-state index in [0.717, 1.165) is 50.2 Å². The highest BCUT2D eigenvalue weighted by Crippen LogP contribution is 2.43. The molecular formula is C21H27N3O2. The Morgan fingerprint density at radius 1 is 1.19 bits per heavy atom. The van der Waals surface area contributed by atoms with Crippen LogP contribution < -0.4 is 4.74 Å². The topological polar surface area (TPSA) is 47.5 Å². The second-order valence-electron chi connectivity index (χ2n) is 7.46. The van der Waals surface area contributed by atoms with Gasteiger partial charge in [-0.05, 0) is 44.4 Å². The van der Waals surface area contributed by atoms with Crippen molar-refractivity contribution in [3.63, 3.8) is 0 Å². The first-order valence-corrected chi connectivity index (χ1v) is 9.48. The molecule has 0 N–H and O–H groups in total. The van der Waals surface area contributed by atoms with Gasteiger partial charge in [-0.1, -0.05) is 12.1 Å². The first-order valence-electron chi connectivity index (χ1n) is 9.48. The molecule has 2 aromatic rings. The number of aryl methyl sites for hydroxylation is 1. The third-order valence-corrected chi connectivity index (χ3v) is 5.89. The molecule has 0 spiro atoms. The van der Waals surface area contributed by atoms with Gasteiger partial charge in [0.25, 0.3) is 0 Å². The molecule has 1 saturated carbocycles. The zero-order valence-corrected chi connectivity index (χ0v) is 15.6. The SMILES string of the molecule is CO[C@@]12CC[C@@H](Oc3ccccn3)C[C@@H]1N(Cc1cccc(C)n1)CC2. The maximum absolute atomic E-state index is 6.16. The molecule has 2 fully saturated rings. The Hall–Kier alpha value is -1.98. The number of hydrogen-bond donors (Lipinski definition) is 0. The van der Waals surface area contributed by atoms with Gasteiger partial charge >= 0.3 is 0 Å². The highest BCUT2D eigenvalue weighted by atomic mass is 16.5. The number of likely N-dealkylation sites (tertiary alicyclic amines) is 1. The van der Waals surface area contributed by atoms with Gasteiger partial charge in [-0.25, -0.2) is 4.98 Å². The highest BCUT2D eigenvalue weighted by Gasteiger charge is 2.51. The molecule has 5 heteroatoms. The minimum atomic E-state index is -0.0478. The van der Waals surface area contributed by atoms with Gasteiger partial charge in [-0.3, -0.25) is 9.88 Å². The Kier molecular flexibility index (Phi) is 4.92. The summed E-state index contributed by atoms with van der Waals surface area (Å²) >= 11 is 0. The first-order chi connectivity index (χ1) is 12.7. The molecule has 138 valence electrons. The fourth-order valence-corrected chi connectivity index (χ4v) is 4.54. The summed E-state index contributed by atoms with van der Waals surface area (Å²) in [6.45, 7) is 3.96. The van der Waals surface area contributed by atoms with Crippen molar-refractivity contribution in [3.8, 4) is 5.88 Å². The smallest absolute Gasteiger partial charge is 0.213 e. The van der Waals surface area contributed by atoms with Gasteiger partial charge in [0.05, 0.1) is 11.3 Å². The van der Waals surface area contributed by atoms with E-state index in [2.05, 4.69) is 27.0 Å². The summed E-state index contributed by atoms with van der Waals surface area (Å²) in [6.07, 6.45) is 6.06. The number of rotatable bonds is 5. The minimum Gasteiger partial charge on any atom is -0.474 e. The molecule has 1 aliphatic heterocycles. The van der Waals surface area contributed by atoms with Gasteiger partial charge in [0.1, 0.15) is 6.10 Å². The van der Waals surface area contributed by atoms with E-state index in [1.165, 1.54) is 0 Å². The monoisotopic (exact) mass is 353 g/mol. The summed E-state index contributed by atoms with van der Waals surface area (Å²) in [4.78, 5) is 11.5. The van der Waals surface area contributed by atoms with Gasteiger partial charge in [-0.2, -0.15) is 0 Å². The average molecular weight is 353 g/mol. The van der Waals surface area contributed by atoms with Crippen LogP contribution in [-0.2, 0) is 11.3 Å². The number of fused-ring (bicyclic) bond motifs is 1. The van der Waals surface area contributed by atoms with Crippen LogP contribution in [-0.4, -0.2) is 46.3 Å². The molecule has 26 heavy (non-hydrogen) atoms. The van der Waals surface area contributed by atoms with Crippen molar-refractivity contribution in [1.29, 1.82) is 0 Å². The number of hydrogen-bond acceptors (Lipinski definition) is 5. The molecule has 0 radical (unpaired) electrons. The van der Waals surface area contributed by atoms with Crippen LogP contribution >= 0.6 is 0 Å². The third-order valence-electron chi connectivity index (χ3n) is 5.89. The summed E-state index contributed by atoms with van der Waals surface area (Å²) < 4.78 is 12.2. The van der Waals surface area contributed by atoms with E-state index in [0.29, 0.717) is 11.9 Å². The Morgan fingerprint density at radius 3 is 2.88 bits per heavy atom. The Labute approximate surface area is 155 Å². The highest BCUT2D eigenvalue weighted by molar-refractivity contribution is 5.14. The number of pyridine rings is 2. The molecule has 4 rings (SSSR count). The van der Waals surface area contributed by atoms with Gasteiger partial charge < -0.3 is 9.47 Å². The normalized spacial score (nSPS) is 28.7. The van der Waals surface area contributed by atoms with E-state index in [9.17, 15) is 0 Å². The van der Waals surface area contributed by atoms with Crippen molar-refractivity contribution in [1.82, 2.24) is 14.9 Å². The fraction of sp³-hybridized carbons (Fsp3) is 0.524. The molecule has 0 unspecified atom stereocenters. The van der Waals surface area contributed by atoms with Crippen LogP contribution in [0, 0.1) is 6.92 Å². The van der Waals surface area contributed by atoms with E-state index < -0.39 is 0 Å². The van der Waals surface area contributed by atoms with Crippen molar-refractivity contribution in [2.75, 3.05) is 13.7 Å². The standard InChI is InChI=1S/C21H27N3O2/c1-16-6-5-7-17(23-16)15-24-13-11-21(25-2)10-9-18(14-19(21)24)26-20-8-3-4-12-22-20/h3-8,12,18-19H,9-11,13-15H2,1-2H3/t18-,19+,21-/m1/s1. The molecule has 1 saturated heterocycles. The number of nitrogens with zero attached hydrogens (tertiary/aromatic N) is 3. The van der Waals surface area contributed by atoms with E-state index in [1.54, 1.807) is 6.20 Å². The maximum Gasteiger partial charge on any atom is 0.213 e. The van der Waals surface area contributed by atoms with Crippen molar-refractivity contribution >= 4 is 0 Å². The van der Waals surface area contributed by atoms with Gasteiger partial charge in [0.15, 0.2) is 0 Å². The second kappa shape index (κ2) is 7.33. The lowest BCUT2D eigenvalue weighted by Gasteiger charge is -2.43. The zero-order chi connectivity index (χ0) is 18.0. The molecular weight excluding hydrogens is 326 g/mol. The molecule has 5 nitrogen and oxygen atoms in total. The van der Waals surface area contributed by atoms with Crippen molar-refractivity contribution in [2.45, 2.75) is 56.9 Å². The molecule has 0 amide bonds. The van der Waals surface area contributed by atoms with Gasteiger partial charge in [-0.15, -0.1) is 0 Å². The average Bonchev–Trinajstić information content (AvgIpc) is 3.01. The van der Waals surface area contributed by atoms with Crippen molar-refractivity contribution < 1.29 is 9.47 Å². The van der Waals surface area contributed by atoms with Crippen LogP contribution in [0.2, 0.25) is 0 Å². The molecule has 3 atom stereocenters. The molecule has 0 bridgehead atoms. The van der Waals surface area contributed by atoms with E-state index in [1.807, 2.05) is 38.3 Å². The Bertz CT molecular complexity index is 739. The fourth-order valence-electron chi connectivity index (χ4n) is 4.54. The molecule has 1 aliphatic carbocycles. The minimum absolute atomic E-state index is 0.0478. The predicted octanol–water partition coefficient (Wildman–Crippen LogP) is 3.38. The lowest BCUT2D eigenvalue weighted by atomic mass is 9.79. The Balaban J connectivity index is 1.49. The zero-order valence-electron chi connectivity index (χ0n) is 15.6. The van der Waals surface area contributed by atoms with E-state index in [-0.39, 0.29) is 11.7 Å². The third kappa shape index (κ3) is 3.46. The van der Waals surface area contributed by atoms with Gasteiger partial charge in [0, 0.05) is 50.6 Å². The molecule has 3 heterocycles. The van der Waals surface area contributed by atoms with E-state index >= 15 is 0 Å². The van der Waals surface area contributed by atoms with Crippen molar-refractivity contribution in [2.24, 2.45) is 0 Å². The van der Waals surface area contributed by atoms with Gasteiger partial charge in [0.2, 0.25) is 5.88 Å². The molecule has 0 aromatic carbocycles. The summed E-state index contributed by atoms with van der Waals surface area (Å²) in [5, 5.41) is 0. The summed E-state index contributed by atoms with van der Waals surface area (Å²) in [6, 6.07) is 12.4. The van der Waals surface area contributed by atoms with Crippen LogP contribution in [0.4, 0.5) is 0 Å². The van der Waals surface area contributed by atoms with Crippen LogP contribution in [0.15, 0.2) is 42.6 Å². The number of ether oxygens (including phenoxy) is 2. The second-order valence-corrected chi connectivity index (χ2v) is 7.46. The molecule has 2 aromatic heterocycles. The van der Waals surface area contributed by atoms with Crippen LogP contribution in [0.25, 0.3) is 0 Å². The number of methoxy groups -OCH3 is 1. The lowest BCUT2D eigenvalue weighted by molar-refractivity contribution is -0.0844. The van der Waals surface area contributed by atoms with E-state index in [4.69, 9.17) is 9.47 Å². The van der Waals surface area contributed by atoms with Crippen LogP contribution in [0.5, 0.6) is 5.88 Å². The summed E-state index contributed by atoms with van der Waals surface area (Å²) in [7, 11) is 1.86. The molecule has 2 aliphatic rings. The summed E-state index contributed by atoms with van der Waals surface area (Å²) in [5.41, 5.74) is 2.15. The quantitative estimate of drug-likeness (QED) is 0.825. The summed E-state index contributed by atoms with van der Waals surface area (Å²) in [5.74, 6) is 0.715. The Morgan fingerprint density at radius 2 is 2.12 bits per heavy atom.